The quantitative estimate of drug-likeness (QED) is 0.332. The lowest BCUT2D eigenvalue weighted by Gasteiger charge is -2.15. The molecular weight excluding hydrogens is 374 g/mol. The minimum Gasteiger partial charge on any atom is -0.371 e. The van der Waals surface area contributed by atoms with E-state index in [2.05, 4.69) is 4.18 Å². The van der Waals surface area contributed by atoms with E-state index in [1.807, 2.05) is 0 Å². The molecule has 0 spiro atoms. The highest BCUT2D eigenvalue weighted by molar-refractivity contribution is 7.87. The van der Waals surface area contributed by atoms with Gasteiger partial charge in [-0.1, -0.05) is 42.5 Å². The second kappa shape index (κ2) is 6.58. The first-order chi connectivity index (χ1) is 11.4. The third-order valence-electron chi connectivity index (χ3n) is 3.15. The van der Waals surface area contributed by atoms with E-state index in [0.717, 1.165) is 0 Å². The van der Waals surface area contributed by atoms with Crippen molar-refractivity contribution in [2.75, 3.05) is 0 Å². The number of hydrogen-bond donors (Lipinski definition) is 0. The molecule has 0 aliphatic carbocycles. The molecule has 2 rings (SSSR count). The van der Waals surface area contributed by atoms with Gasteiger partial charge in [0.1, 0.15) is 0 Å². The van der Waals surface area contributed by atoms with Crippen LogP contribution in [0.5, 0.6) is 0 Å². The summed E-state index contributed by atoms with van der Waals surface area (Å²) in [5.74, 6) is -2.24. The first kappa shape index (κ1) is 19.1. The minimum absolute atomic E-state index is 0.269. The molecule has 0 aliphatic heterocycles. The predicted octanol–water partition coefficient (Wildman–Crippen LogP) is 4.69. The number of allylic oxidation sites excluding steroid dienone is 2. The molecule has 0 aliphatic rings. The van der Waals surface area contributed by atoms with Gasteiger partial charge < -0.3 is 4.18 Å². The Morgan fingerprint density at radius 2 is 1.56 bits per heavy atom. The molecule has 2 aromatic carbocycles. The summed E-state index contributed by atoms with van der Waals surface area (Å²) in [4.78, 5) is 0. The van der Waals surface area contributed by atoms with E-state index >= 15 is 0 Å². The maximum Gasteiger partial charge on any atom is 0.534 e. The Morgan fingerprint density at radius 3 is 2.16 bits per heavy atom. The van der Waals surface area contributed by atoms with E-state index in [-0.39, 0.29) is 6.08 Å². The fourth-order valence-corrected chi connectivity index (χ4v) is 2.53. The van der Waals surface area contributed by atoms with Crippen LogP contribution in [0.3, 0.4) is 0 Å². The van der Waals surface area contributed by atoms with Gasteiger partial charge in [-0.15, -0.1) is 0 Å². The van der Waals surface area contributed by atoms with Crippen LogP contribution >= 0.6 is 0 Å². The van der Waals surface area contributed by atoms with Crippen molar-refractivity contribution in [3.8, 4) is 0 Å². The highest BCUT2D eigenvalue weighted by Gasteiger charge is 2.51. The summed E-state index contributed by atoms with van der Waals surface area (Å²) in [6.45, 7) is 0. The summed E-state index contributed by atoms with van der Waals surface area (Å²) < 4.78 is 100. The first-order valence-corrected chi connectivity index (χ1v) is 8.07. The smallest absolute Gasteiger partial charge is 0.371 e. The third-order valence-corrected chi connectivity index (χ3v) is 4.12. The van der Waals surface area contributed by atoms with Gasteiger partial charge in [0.05, 0.1) is 0 Å². The molecule has 3 nitrogen and oxygen atoms in total. The van der Waals surface area contributed by atoms with Crippen molar-refractivity contribution in [2.45, 2.75) is 18.1 Å². The van der Waals surface area contributed by atoms with Gasteiger partial charge in [0.25, 0.3) is 0 Å². The predicted molar refractivity (Wildman–Crippen MR) is 77.8 cm³/mol. The topological polar surface area (TPSA) is 43.4 Å². The molecular formula is C15H10F6O3S. The summed E-state index contributed by atoms with van der Waals surface area (Å²) >= 11 is 0. The molecule has 0 saturated carbocycles. The third kappa shape index (κ3) is 4.44. The zero-order valence-corrected chi connectivity index (χ0v) is 13.0. The zero-order valence-electron chi connectivity index (χ0n) is 12.2. The Labute approximate surface area is 138 Å². The van der Waals surface area contributed by atoms with Crippen LogP contribution in [0, 0.1) is 0 Å². The van der Waals surface area contributed by atoms with Gasteiger partial charge in [-0.05, 0) is 28.8 Å². The molecule has 0 saturated heterocycles. The zero-order chi connectivity index (χ0) is 18.9. The van der Waals surface area contributed by atoms with Crippen LogP contribution in [0.2, 0.25) is 0 Å². The second-order valence-corrected chi connectivity index (χ2v) is 6.43. The van der Waals surface area contributed by atoms with E-state index in [1.54, 1.807) is 36.4 Å². The summed E-state index contributed by atoms with van der Waals surface area (Å²) in [6.07, 6.45) is -5.60. The molecule has 2 aromatic rings. The van der Waals surface area contributed by atoms with Gasteiger partial charge >= 0.3 is 21.8 Å². The molecule has 10 heteroatoms. The van der Waals surface area contributed by atoms with Crippen molar-refractivity contribution in [3.63, 3.8) is 0 Å². The molecule has 0 amide bonds. The van der Waals surface area contributed by atoms with Crippen LogP contribution in [0.1, 0.15) is 5.56 Å². The molecule has 136 valence electrons. The van der Waals surface area contributed by atoms with Gasteiger partial charge in [-0.2, -0.15) is 34.8 Å². The molecule has 0 radical (unpaired) electrons. The SMILES string of the molecule is O=S(=O)(OC(=CCc1cccc2ccccc12)C(F)(F)F)C(F)(F)F. The number of hydrogen-bond acceptors (Lipinski definition) is 3. The van der Waals surface area contributed by atoms with E-state index in [0.29, 0.717) is 16.3 Å². The van der Waals surface area contributed by atoms with Crippen molar-refractivity contribution >= 4 is 20.9 Å². The monoisotopic (exact) mass is 384 g/mol. The maximum absolute atomic E-state index is 12.8. The number of rotatable bonds is 4. The highest BCUT2D eigenvalue weighted by Crippen LogP contribution is 2.34. The molecule has 0 bridgehead atoms. The molecule has 0 aromatic heterocycles. The van der Waals surface area contributed by atoms with Crippen LogP contribution in [0.15, 0.2) is 54.3 Å². The number of alkyl halides is 6. The van der Waals surface area contributed by atoms with Gasteiger partial charge in [-0.25, -0.2) is 0 Å². The number of halogens is 6. The molecule has 0 atom stereocenters. The van der Waals surface area contributed by atoms with E-state index in [9.17, 15) is 34.8 Å². The van der Waals surface area contributed by atoms with Crippen LogP contribution in [-0.4, -0.2) is 20.1 Å². The van der Waals surface area contributed by atoms with Gasteiger partial charge in [0, 0.05) is 0 Å². The largest absolute Gasteiger partial charge is 0.534 e. The Balaban J connectivity index is 2.39. The van der Waals surface area contributed by atoms with Crippen LogP contribution in [0.4, 0.5) is 26.3 Å². The molecule has 0 unspecified atom stereocenters. The Kier molecular flexibility index (Phi) is 5.03. The van der Waals surface area contributed by atoms with Gasteiger partial charge in [0.15, 0.2) is 0 Å². The number of benzene rings is 2. The summed E-state index contributed by atoms with van der Waals surface area (Å²) in [5, 5.41) is 1.30. The van der Waals surface area contributed by atoms with Crippen molar-refractivity contribution in [1.29, 1.82) is 0 Å². The average Bonchev–Trinajstić information content (AvgIpc) is 2.49. The maximum atomic E-state index is 12.8. The summed E-state index contributed by atoms with van der Waals surface area (Å²) in [7, 11) is -6.42. The Morgan fingerprint density at radius 1 is 0.960 bits per heavy atom. The van der Waals surface area contributed by atoms with Crippen LogP contribution in [-0.2, 0) is 20.7 Å². The lowest BCUT2D eigenvalue weighted by atomic mass is 10.0. The standard InChI is InChI=1S/C15H10F6O3S/c16-14(17,18)13(24-25(22,23)15(19,20)21)9-8-11-6-3-5-10-4-1-2-7-12(10)11/h1-7,9H,8H2. The normalized spacial score (nSPS) is 13.9. The lowest BCUT2D eigenvalue weighted by Crippen LogP contribution is -2.29. The first-order valence-electron chi connectivity index (χ1n) is 6.66. The lowest BCUT2D eigenvalue weighted by molar-refractivity contribution is -0.120. The van der Waals surface area contributed by atoms with Gasteiger partial charge in [-0.3, -0.25) is 0 Å². The van der Waals surface area contributed by atoms with Crippen LogP contribution < -0.4 is 0 Å². The van der Waals surface area contributed by atoms with E-state index in [4.69, 9.17) is 0 Å². The number of fused-ring (bicyclic) bond motifs is 1. The molecule has 0 heterocycles. The summed E-state index contributed by atoms with van der Waals surface area (Å²) in [5.41, 5.74) is -5.59. The Bertz CT molecular complexity index is 892. The Hall–Kier alpha value is -2.23. The fraction of sp³-hybridized carbons (Fsp3) is 0.200. The van der Waals surface area contributed by atoms with Crippen molar-refractivity contribution in [1.82, 2.24) is 0 Å². The second-order valence-electron chi connectivity index (χ2n) is 4.89. The molecule has 25 heavy (non-hydrogen) atoms. The van der Waals surface area contributed by atoms with Crippen molar-refractivity contribution < 1.29 is 38.9 Å². The fourth-order valence-electron chi connectivity index (χ4n) is 2.04. The highest BCUT2D eigenvalue weighted by atomic mass is 32.2. The summed E-state index contributed by atoms with van der Waals surface area (Å²) in [6, 6.07) is 11.4. The van der Waals surface area contributed by atoms with E-state index < -0.39 is 34.0 Å². The van der Waals surface area contributed by atoms with Crippen molar-refractivity contribution in [2.24, 2.45) is 0 Å². The van der Waals surface area contributed by atoms with Crippen LogP contribution in [0.25, 0.3) is 10.8 Å². The molecule has 0 N–H and O–H groups in total. The average molecular weight is 384 g/mol. The van der Waals surface area contributed by atoms with E-state index in [1.165, 1.54) is 6.07 Å². The van der Waals surface area contributed by atoms with Gasteiger partial charge in [0.2, 0.25) is 5.76 Å². The minimum atomic E-state index is -6.42. The van der Waals surface area contributed by atoms with Crippen molar-refractivity contribution in [3.05, 3.63) is 59.9 Å². The molecule has 0 fully saturated rings.